The number of hydrogen-bond donors (Lipinski definition) is 2. The fourth-order valence-corrected chi connectivity index (χ4v) is 4.37. The van der Waals surface area contributed by atoms with Gasteiger partial charge in [0.25, 0.3) is 0 Å². The second-order valence-corrected chi connectivity index (χ2v) is 11.4. The highest BCUT2D eigenvalue weighted by Gasteiger charge is 2.37. The summed E-state index contributed by atoms with van der Waals surface area (Å²) in [5.74, 6) is 2.69. The Bertz CT molecular complexity index is 920. The molecule has 2 N–H and O–H groups in total. The van der Waals surface area contributed by atoms with Gasteiger partial charge in [-0.3, -0.25) is 9.59 Å². The van der Waals surface area contributed by atoms with E-state index < -0.39 is 23.8 Å². The molecule has 2 atom stereocenters. The van der Waals surface area contributed by atoms with Crippen LogP contribution in [0.5, 0.6) is 0 Å². The minimum Gasteiger partial charge on any atom is -0.444 e. The summed E-state index contributed by atoms with van der Waals surface area (Å²) in [6, 6.07) is 5.29. The average molecular weight is 532 g/mol. The van der Waals surface area contributed by atoms with Gasteiger partial charge in [-0.15, -0.1) is 6.42 Å². The molecule has 8 heteroatoms. The molecule has 1 rings (SSSR count). The quantitative estimate of drug-likeness (QED) is 0.252. The molecule has 0 heterocycles. The number of benzene rings is 1. The van der Waals surface area contributed by atoms with Gasteiger partial charge in [-0.1, -0.05) is 50.3 Å². The van der Waals surface area contributed by atoms with Crippen LogP contribution in [-0.4, -0.2) is 59.0 Å². The Balaban J connectivity index is 3.53. The van der Waals surface area contributed by atoms with Gasteiger partial charge in [0, 0.05) is 18.2 Å². The third-order valence-electron chi connectivity index (χ3n) is 5.54. The third-order valence-corrected chi connectivity index (χ3v) is 6.18. The largest absolute Gasteiger partial charge is 0.444 e. The van der Waals surface area contributed by atoms with E-state index in [0.717, 1.165) is 25.7 Å². The second kappa shape index (κ2) is 16.2. The first kappa shape index (κ1) is 32.4. The molecule has 0 bridgehead atoms. The first-order chi connectivity index (χ1) is 17.4. The maximum atomic E-state index is 14.1. The predicted molar refractivity (Wildman–Crippen MR) is 152 cm³/mol. The van der Waals surface area contributed by atoms with Crippen molar-refractivity contribution in [1.29, 1.82) is 0 Å². The molecule has 0 saturated heterocycles. The highest BCUT2D eigenvalue weighted by molar-refractivity contribution is 7.98. The summed E-state index contributed by atoms with van der Waals surface area (Å²) in [6.07, 6.45) is 11.2. The number of amides is 3. The summed E-state index contributed by atoms with van der Waals surface area (Å²) in [5.41, 5.74) is 0.439. The monoisotopic (exact) mass is 531 g/mol. The molecule has 1 aromatic carbocycles. The Labute approximate surface area is 227 Å². The molecule has 206 valence electrons. The fraction of sp³-hybridized carbons (Fsp3) is 0.621. The molecule has 2 unspecified atom stereocenters. The number of carbonyl (C=O) groups excluding carboxylic acids is 3. The number of ether oxygens (including phenoxy) is 1. The van der Waals surface area contributed by atoms with Crippen LogP contribution in [0, 0.1) is 12.3 Å². The van der Waals surface area contributed by atoms with Crippen LogP contribution in [0.25, 0.3) is 0 Å². The number of carbonyl (C=O) groups is 3. The lowest BCUT2D eigenvalue weighted by Gasteiger charge is -2.35. The van der Waals surface area contributed by atoms with Crippen molar-refractivity contribution in [3.63, 3.8) is 0 Å². The average Bonchev–Trinajstić information content (AvgIpc) is 2.81. The molecule has 7 nitrogen and oxygen atoms in total. The number of rotatable bonds is 14. The molecule has 3 amide bonds. The lowest BCUT2D eigenvalue weighted by molar-refractivity contribution is -0.142. The van der Waals surface area contributed by atoms with Crippen LogP contribution in [0.3, 0.4) is 0 Å². The van der Waals surface area contributed by atoms with Crippen LogP contribution >= 0.6 is 11.8 Å². The van der Waals surface area contributed by atoms with Crippen molar-refractivity contribution in [1.82, 2.24) is 15.5 Å². The highest BCUT2D eigenvalue weighted by atomic mass is 32.2. The zero-order valence-corrected chi connectivity index (χ0v) is 24.4. The van der Waals surface area contributed by atoms with Gasteiger partial charge in [-0.25, -0.2) is 4.79 Å². The number of hydrogen-bond acceptors (Lipinski definition) is 5. The molecule has 1 aromatic rings. The van der Waals surface area contributed by atoms with Gasteiger partial charge in [0.05, 0.1) is 0 Å². The van der Waals surface area contributed by atoms with Crippen molar-refractivity contribution < 1.29 is 19.1 Å². The van der Waals surface area contributed by atoms with Crippen molar-refractivity contribution in [3.8, 4) is 12.3 Å². The van der Waals surface area contributed by atoms with Crippen molar-refractivity contribution in [2.24, 2.45) is 0 Å². The van der Waals surface area contributed by atoms with E-state index >= 15 is 0 Å². The molecule has 0 aliphatic carbocycles. The summed E-state index contributed by atoms with van der Waals surface area (Å²) < 4.78 is 5.44. The van der Waals surface area contributed by atoms with Crippen molar-refractivity contribution >= 4 is 29.7 Å². The molecule has 37 heavy (non-hydrogen) atoms. The Hall–Kier alpha value is -2.66. The Kier molecular flexibility index (Phi) is 14.2. The minimum absolute atomic E-state index is 0.128. The smallest absolute Gasteiger partial charge is 0.408 e. The van der Waals surface area contributed by atoms with Crippen LogP contribution < -0.4 is 10.6 Å². The molecule has 0 saturated carbocycles. The number of alkyl carbamates (subject to hydrolysis) is 1. The number of thioether (sulfide) groups is 1. The van der Waals surface area contributed by atoms with Crippen molar-refractivity contribution in [2.45, 2.75) is 97.4 Å². The first-order valence-corrected chi connectivity index (χ1v) is 14.5. The van der Waals surface area contributed by atoms with Crippen molar-refractivity contribution in [3.05, 3.63) is 35.4 Å². The van der Waals surface area contributed by atoms with E-state index in [-0.39, 0.29) is 17.9 Å². The number of nitrogens with zero attached hydrogens (tertiary/aromatic N) is 1. The molecule has 0 fully saturated rings. The SMILES string of the molecule is C#Cc1ccccc1C(C(=O)NC(C)C)N(CCCCCC)C(=O)C(CCSC)NC(=O)OC(C)(C)C. The molecule has 0 aromatic heterocycles. The Morgan fingerprint density at radius 2 is 1.78 bits per heavy atom. The van der Waals surface area contributed by atoms with E-state index in [9.17, 15) is 14.4 Å². The number of nitrogens with one attached hydrogen (secondary N) is 2. The number of terminal acetylenes is 1. The van der Waals surface area contributed by atoms with E-state index in [1.54, 1.807) is 49.6 Å². The standard InChI is InChI=1S/C29H45N3O4S/c1-9-11-12-15-19-32(27(34)24(18-20-37-8)31-28(35)36-29(5,6)7)25(26(33)30-21(3)4)23-17-14-13-16-22(23)10-2/h2,13-14,16-17,21,24-25H,9,11-12,15,18-20H2,1,3-8H3,(H,30,33)(H,31,35). The Morgan fingerprint density at radius 1 is 1.11 bits per heavy atom. The summed E-state index contributed by atoms with van der Waals surface area (Å²) in [6.45, 7) is 11.5. The molecular weight excluding hydrogens is 486 g/mol. The zero-order chi connectivity index (χ0) is 28.0. The van der Waals surface area contributed by atoms with Crippen molar-refractivity contribution in [2.75, 3.05) is 18.6 Å². The lowest BCUT2D eigenvalue weighted by Crippen LogP contribution is -2.54. The van der Waals surface area contributed by atoms with Crippen LogP contribution in [0.4, 0.5) is 4.79 Å². The van der Waals surface area contributed by atoms with Gasteiger partial charge in [-0.05, 0) is 71.1 Å². The molecule has 0 spiro atoms. The van der Waals surface area contributed by atoms with Gasteiger partial charge >= 0.3 is 6.09 Å². The lowest BCUT2D eigenvalue weighted by atomic mass is 9.96. The normalized spacial score (nSPS) is 12.8. The molecule has 0 aliphatic rings. The summed E-state index contributed by atoms with van der Waals surface area (Å²) in [5, 5.41) is 5.73. The van der Waals surface area contributed by atoms with Crippen LogP contribution in [0.15, 0.2) is 24.3 Å². The van der Waals surface area contributed by atoms with Crippen LogP contribution in [-0.2, 0) is 14.3 Å². The summed E-state index contributed by atoms with van der Waals surface area (Å²) >= 11 is 1.58. The van der Waals surface area contributed by atoms with Gasteiger partial charge in [0.2, 0.25) is 11.8 Å². The van der Waals surface area contributed by atoms with E-state index in [2.05, 4.69) is 23.5 Å². The first-order valence-electron chi connectivity index (χ1n) is 13.1. The van der Waals surface area contributed by atoms with Gasteiger partial charge in [-0.2, -0.15) is 11.8 Å². The topological polar surface area (TPSA) is 87.7 Å². The maximum absolute atomic E-state index is 14.1. The summed E-state index contributed by atoms with van der Waals surface area (Å²) in [7, 11) is 0. The third kappa shape index (κ3) is 11.5. The molecule has 0 radical (unpaired) electrons. The predicted octanol–water partition coefficient (Wildman–Crippen LogP) is 5.29. The maximum Gasteiger partial charge on any atom is 0.408 e. The second-order valence-electron chi connectivity index (χ2n) is 10.4. The van der Waals surface area contributed by atoms with E-state index in [4.69, 9.17) is 11.2 Å². The van der Waals surface area contributed by atoms with E-state index in [0.29, 0.717) is 29.8 Å². The van der Waals surface area contributed by atoms with E-state index in [1.165, 1.54) is 0 Å². The highest BCUT2D eigenvalue weighted by Crippen LogP contribution is 2.27. The Morgan fingerprint density at radius 3 is 2.35 bits per heavy atom. The van der Waals surface area contributed by atoms with Gasteiger partial charge < -0.3 is 20.3 Å². The summed E-state index contributed by atoms with van der Waals surface area (Å²) in [4.78, 5) is 42.0. The zero-order valence-electron chi connectivity index (χ0n) is 23.6. The van der Waals surface area contributed by atoms with Gasteiger partial charge in [0.1, 0.15) is 17.7 Å². The minimum atomic E-state index is -0.930. The molecule has 0 aliphatic heterocycles. The number of unbranched alkanes of at least 4 members (excludes halogenated alkanes) is 3. The van der Waals surface area contributed by atoms with Crippen LogP contribution in [0.2, 0.25) is 0 Å². The molecular formula is C29H45N3O4S. The fourth-order valence-electron chi connectivity index (χ4n) is 3.90. The van der Waals surface area contributed by atoms with E-state index in [1.807, 2.05) is 32.2 Å². The van der Waals surface area contributed by atoms with Crippen LogP contribution in [0.1, 0.15) is 90.8 Å². The van der Waals surface area contributed by atoms with Gasteiger partial charge in [0.15, 0.2) is 0 Å².